The Labute approximate surface area is 118 Å². The highest BCUT2D eigenvalue weighted by molar-refractivity contribution is 5.94. The summed E-state index contributed by atoms with van der Waals surface area (Å²) in [6.45, 7) is 3.50. The Morgan fingerprint density at radius 2 is 2.20 bits per heavy atom. The zero-order valence-electron chi connectivity index (χ0n) is 11.6. The maximum absolute atomic E-state index is 11.4. The average molecular weight is 276 g/mol. The van der Waals surface area contributed by atoms with E-state index in [1.807, 2.05) is 0 Å². The van der Waals surface area contributed by atoms with E-state index in [-0.39, 0.29) is 23.4 Å². The summed E-state index contributed by atoms with van der Waals surface area (Å²) in [5, 5.41) is 9.89. The molecule has 0 aromatic heterocycles. The molecular weight excluding hydrogens is 256 g/mol. The van der Waals surface area contributed by atoms with Crippen molar-refractivity contribution in [3.8, 4) is 5.75 Å². The Morgan fingerprint density at radius 3 is 2.85 bits per heavy atom. The number of aromatic hydroxyl groups is 1. The molecule has 0 saturated carbocycles. The molecule has 1 aliphatic heterocycles. The summed E-state index contributed by atoms with van der Waals surface area (Å²) in [6.07, 6.45) is 1.74. The fourth-order valence-corrected chi connectivity index (χ4v) is 2.60. The summed E-state index contributed by atoms with van der Waals surface area (Å²) in [4.78, 5) is 24.7. The standard InChI is InChI=1S/C15H20N2O3/c1-10(18)11-4-5-14(19)13(7-11)9-17-6-2-3-12(8-17)15(16)20/h4-5,7,12,19H,2-3,6,8-9H2,1H3,(H2,16,20). The van der Waals surface area contributed by atoms with Crippen molar-refractivity contribution in [2.45, 2.75) is 26.3 Å². The molecule has 5 nitrogen and oxygen atoms in total. The minimum Gasteiger partial charge on any atom is -0.508 e. The van der Waals surface area contributed by atoms with Crippen molar-refractivity contribution in [1.29, 1.82) is 0 Å². The number of hydrogen-bond acceptors (Lipinski definition) is 4. The van der Waals surface area contributed by atoms with Crippen LogP contribution in [0.5, 0.6) is 5.75 Å². The molecule has 20 heavy (non-hydrogen) atoms. The van der Waals surface area contributed by atoms with Gasteiger partial charge < -0.3 is 10.8 Å². The highest BCUT2D eigenvalue weighted by Crippen LogP contribution is 2.24. The second-order valence-corrected chi connectivity index (χ2v) is 5.38. The van der Waals surface area contributed by atoms with E-state index in [1.54, 1.807) is 18.2 Å². The first-order valence-corrected chi connectivity index (χ1v) is 6.82. The number of primary amides is 1. The van der Waals surface area contributed by atoms with E-state index >= 15 is 0 Å². The number of nitrogens with zero attached hydrogens (tertiary/aromatic N) is 1. The summed E-state index contributed by atoms with van der Waals surface area (Å²) < 4.78 is 0. The second kappa shape index (κ2) is 6.05. The van der Waals surface area contributed by atoms with E-state index in [0.29, 0.717) is 24.2 Å². The maximum atomic E-state index is 11.4. The van der Waals surface area contributed by atoms with E-state index in [1.165, 1.54) is 6.92 Å². The number of hydrogen-bond donors (Lipinski definition) is 2. The third-order valence-corrected chi connectivity index (χ3v) is 3.79. The van der Waals surface area contributed by atoms with Gasteiger partial charge in [0.1, 0.15) is 5.75 Å². The Kier molecular flexibility index (Phi) is 4.39. The smallest absolute Gasteiger partial charge is 0.221 e. The molecule has 1 aromatic carbocycles. The average Bonchev–Trinajstić information content (AvgIpc) is 2.41. The molecule has 1 heterocycles. The Hall–Kier alpha value is -1.88. The first-order chi connectivity index (χ1) is 9.47. The van der Waals surface area contributed by atoms with Gasteiger partial charge in [-0.1, -0.05) is 0 Å². The van der Waals surface area contributed by atoms with E-state index in [4.69, 9.17) is 5.73 Å². The molecule has 1 aromatic rings. The molecule has 1 saturated heterocycles. The first-order valence-electron chi connectivity index (χ1n) is 6.82. The van der Waals surface area contributed by atoms with Crippen LogP contribution in [-0.2, 0) is 11.3 Å². The van der Waals surface area contributed by atoms with E-state index in [0.717, 1.165) is 19.4 Å². The van der Waals surface area contributed by atoms with Gasteiger partial charge in [-0.3, -0.25) is 14.5 Å². The lowest BCUT2D eigenvalue weighted by Crippen LogP contribution is -2.40. The van der Waals surface area contributed by atoms with Crippen molar-refractivity contribution in [1.82, 2.24) is 4.90 Å². The summed E-state index contributed by atoms with van der Waals surface area (Å²) in [6, 6.07) is 4.87. The number of rotatable bonds is 4. The molecule has 1 aliphatic rings. The number of piperidine rings is 1. The minimum absolute atomic E-state index is 0.0279. The minimum atomic E-state index is -0.267. The number of amides is 1. The number of likely N-dealkylation sites (tertiary alicyclic amines) is 1. The molecule has 2 rings (SSSR count). The Bertz CT molecular complexity index is 528. The lowest BCUT2D eigenvalue weighted by molar-refractivity contribution is -0.123. The van der Waals surface area contributed by atoms with Gasteiger partial charge in [0.05, 0.1) is 5.92 Å². The van der Waals surface area contributed by atoms with E-state index < -0.39 is 0 Å². The van der Waals surface area contributed by atoms with Crippen LogP contribution in [0.2, 0.25) is 0 Å². The van der Waals surface area contributed by atoms with Gasteiger partial charge in [-0.15, -0.1) is 0 Å². The van der Waals surface area contributed by atoms with Gasteiger partial charge in [0, 0.05) is 24.2 Å². The third-order valence-electron chi connectivity index (χ3n) is 3.79. The molecule has 1 atom stereocenters. The predicted molar refractivity (Wildman–Crippen MR) is 75.3 cm³/mol. The number of phenols is 1. The molecule has 1 unspecified atom stereocenters. The van der Waals surface area contributed by atoms with Gasteiger partial charge in [-0.2, -0.15) is 0 Å². The largest absolute Gasteiger partial charge is 0.508 e. The van der Waals surface area contributed by atoms with Gasteiger partial charge in [-0.05, 0) is 44.5 Å². The summed E-state index contributed by atoms with van der Waals surface area (Å²) >= 11 is 0. The van der Waals surface area contributed by atoms with Crippen LogP contribution in [-0.4, -0.2) is 34.8 Å². The number of phenolic OH excluding ortho intramolecular Hbond substituents is 1. The van der Waals surface area contributed by atoms with Crippen LogP contribution >= 0.6 is 0 Å². The molecule has 1 fully saturated rings. The van der Waals surface area contributed by atoms with Crippen molar-refractivity contribution in [3.05, 3.63) is 29.3 Å². The maximum Gasteiger partial charge on any atom is 0.221 e. The molecule has 0 bridgehead atoms. The molecule has 0 radical (unpaired) electrons. The fraction of sp³-hybridized carbons (Fsp3) is 0.467. The first kappa shape index (κ1) is 14.5. The van der Waals surface area contributed by atoms with Crippen LogP contribution in [0.15, 0.2) is 18.2 Å². The quantitative estimate of drug-likeness (QED) is 0.812. The van der Waals surface area contributed by atoms with Gasteiger partial charge >= 0.3 is 0 Å². The van der Waals surface area contributed by atoms with Crippen molar-refractivity contribution < 1.29 is 14.7 Å². The van der Waals surface area contributed by atoms with Gasteiger partial charge in [0.25, 0.3) is 0 Å². The van der Waals surface area contributed by atoms with Crippen LogP contribution in [0.3, 0.4) is 0 Å². The van der Waals surface area contributed by atoms with Crippen LogP contribution < -0.4 is 5.73 Å². The Balaban J connectivity index is 2.11. The molecule has 1 amide bonds. The van der Waals surface area contributed by atoms with E-state index in [9.17, 15) is 14.7 Å². The van der Waals surface area contributed by atoms with Gasteiger partial charge in [0.15, 0.2) is 5.78 Å². The van der Waals surface area contributed by atoms with Crippen molar-refractivity contribution in [3.63, 3.8) is 0 Å². The molecule has 0 aliphatic carbocycles. The molecule has 3 N–H and O–H groups in total. The summed E-state index contributed by atoms with van der Waals surface area (Å²) in [5.74, 6) is -0.241. The monoisotopic (exact) mass is 276 g/mol. The normalized spacial score (nSPS) is 19.8. The molecular formula is C15H20N2O3. The third kappa shape index (κ3) is 3.36. The van der Waals surface area contributed by atoms with Crippen LogP contribution in [0.4, 0.5) is 0 Å². The van der Waals surface area contributed by atoms with Crippen molar-refractivity contribution in [2.24, 2.45) is 11.7 Å². The van der Waals surface area contributed by atoms with Crippen LogP contribution in [0, 0.1) is 5.92 Å². The number of Topliss-reactive ketones (excluding diaryl/α,β-unsaturated/α-hetero) is 1. The lowest BCUT2D eigenvalue weighted by Gasteiger charge is -2.31. The number of benzene rings is 1. The lowest BCUT2D eigenvalue weighted by atomic mass is 9.96. The fourth-order valence-electron chi connectivity index (χ4n) is 2.60. The Morgan fingerprint density at radius 1 is 1.45 bits per heavy atom. The van der Waals surface area contributed by atoms with Crippen LogP contribution in [0.1, 0.15) is 35.7 Å². The molecule has 108 valence electrons. The van der Waals surface area contributed by atoms with Gasteiger partial charge in [0.2, 0.25) is 5.91 Å². The highest BCUT2D eigenvalue weighted by atomic mass is 16.3. The highest BCUT2D eigenvalue weighted by Gasteiger charge is 2.24. The second-order valence-electron chi connectivity index (χ2n) is 5.38. The topological polar surface area (TPSA) is 83.6 Å². The number of ketones is 1. The van der Waals surface area contributed by atoms with E-state index in [2.05, 4.69) is 4.90 Å². The number of nitrogens with two attached hydrogens (primary N) is 1. The predicted octanol–water partition coefficient (Wildman–Crippen LogP) is 1.29. The molecule has 0 spiro atoms. The summed E-state index contributed by atoms with van der Waals surface area (Å²) in [7, 11) is 0. The zero-order valence-corrected chi connectivity index (χ0v) is 11.6. The van der Waals surface area contributed by atoms with Crippen molar-refractivity contribution in [2.75, 3.05) is 13.1 Å². The van der Waals surface area contributed by atoms with Crippen molar-refractivity contribution >= 4 is 11.7 Å². The zero-order chi connectivity index (χ0) is 14.7. The number of carbonyl (C=O) groups excluding carboxylic acids is 2. The summed E-state index contributed by atoms with van der Waals surface area (Å²) in [5.41, 5.74) is 6.65. The van der Waals surface area contributed by atoms with Crippen LogP contribution in [0.25, 0.3) is 0 Å². The molecule has 5 heteroatoms. The van der Waals surface area contributed by atoms with Gasteiger partial charge in [-0.25, -0.2) is 0 Å². The SMILES string of the molecule is CC(=O)c1ccc(O)c(CN2CCCC(C(N)=O)C2)c1. The number of carbonyl (C=O) groups is 2.